The molecule has 17 heavy (non-hydrogen) atoms. The maximum absolute atomic E-state index is 5.80. The first-order valence-corrected chi connectivity index (χ1v) is 5.76. The third kappa shape index (κ3) is 3.71. The second kappa shape index (κ2) is 5.51. The lowest BCUT2D eigenvalue weighted by molar-refractivity contribution is -0.0150. The van der Waals surface area contributed by atoms with Gasteiger partial charge >= 0.3 is 0 Å². The van der Waals surface area contributed by atoms with Crippen LogP contribution in [0.1, 0.15) is 32.5 Å². The summed E-state index contributed by atoms with van der Waals surface area (Å²) < 4.78 is 12.9. The van der Waals surface area contributed by atoms with Crippen LogP contribution in [0.3, 0.4) is 0 Å². The fraction of sp³-hybridized carbons (Fsp3) is 0.750. The van der Waals surface area contributed by atoms with E-state index >= 15 is 0 Å². The zero-order chi connectivity index (χ0) is 13.1. The van der Waals surface area contributed by atoms with Crippen molar-refractivity contribution in [3.63, 3.8) is 0 Å². The maximum atomic E-state index is 5.80. The first-order chi connectivity index (χ1) is 7.89. The lowest BCUT2D eigenvalue weighted by Crippen LogP contribution is -2.29. The van der Waals surface area contributed by atoms with Gasteiger partial charge in [0.25, 0.3) is 0 Å². The molecule has 0 spiro atoms. The van der Waals surface area contributed by atoms with E-state index in [0.29, 0.717) is 6.61 Å². The summed E-state index contributed by atoms with van der Waals surface area (Å²) in [6.07, 6.45) is 1.72. The van der Waals surface area contributed by atoms with Gasteiger partial charge in [-0.3, -0.25) is 4.68 Å². The average Bonchev–Trinajstić information content (AvgIpc) is 2.60. The van der Waals surface area contributed by atoms with E-state index in [2.05, 4.69) is 10.4 Å². The molecule has 1 N–H and O–H groups in total. The van der Waals surface area contributed by atoms with Gasteiger partial charge in [0.05, 0.1) is 37.3 Å². The molecule has 0 aromatic carbocycles. The van der Waals surface area contributed by atoms with Crippen molar-refractivity contribution >= 4 is 0 Å². The van der Waals surface area contributed by atoms with Crippen LogP contribution < -0.4 is 10.1 Å². The molecule has 0 saturated heterocycles. The molecular formula is C12H23N3O2. The van der Waals surface area contributed by atoms with E-state index in [1.807, 2.05) is 39.5 Å². The molecule has 0 fully saturated rings. The van der Waals surface area contributed by atoms with Crippen LogP contribution in [0.15, 0.2) is 6.20 Å². The molecule has 0 radical (unpaired) electrons. The van der Waals surface area contributed by atoms with Gasteiger partial charge in [-0.2, -0.15) is 5.10 Å². The summed E-state index contributed by atoms with van der Waals surface area (Å²) >= 11 is 0. The fourth-order valence-electron chi connectivity index (χ4n) is 1.61. The van der Waals surface area contributed by atoms with Gasteiger partial charge in [-0.15, -0.1) is 0 Å². The normalized spacial score (nSPS) is 13.8. The molecule has 1 unspecified atom stereocenters. The van der Waals surface area contributed by atoms with Gasteiger partial charge in [-0.1, -0.05) is 0 Å². The Morgan fingerprint density at radius 1 is 1.47 bits per heavy atom. The summed E-state index contributed by atoms with van der Waals surface area (Å²) in [5, 5.41) is 7.42. The molecule has 0 bridgehead atoms. The van der Waals surface area contributed by atoms with Crippen molar-refractivity contribution < 1.29 is 9.47 Å². The third-order valence-corrected chi connectivity index (χ3v) is 2.53. The summed E-state index contributed by atoms with van der Waals surface area (Å²) in [5.74, 6) is 0.782. The largest absolute Gasteiger partial charge is 0.493 e. The Kier molecular flexibility index (Phi) is 4.54. The highest BCUT2D eigenvalue weighted by molar-refractivity contribution is 5.28. The second-order valence-electron chi connectivity index (χ2n) is 4.99. The molecule has 1 rings (SSSR count). The van der Waals surface area contributed by atoms with Crippen molar-refractivity contribution in [1.82, 2.24) is 15.1 Å². The Morgan fingerprint density at radius 2 is 2.12 bits per heavy atom. The molecule has 98 valence electrons. The van der Waals surface area contributed by atoms with Crippen molar-refractivity contribution in [3.05, 3.63) is 11.9 Å². The number of nitrogens with one attached hydrogen (secondary N) is 1. The topological polar surface area (TPSA) is 48.3 Å². The van der Waals surface area contributed by atoms with Crippen LogP contribution in [-0.2, 0) is 11.8 Å². The molecule has 1 atom stereocenters. The van der Waals surface area contributed by atoms with E-state index in [1.165, 1.54) is 0 Å². The molecule has 1 heterocycles. The Bertz CT molecular complexity index is 355. The Balaban J connectivity index is 2.82. The van der Waals surface area contributed by atoms with Crippen LogP contribution in [-0.4, -0.2) is 36.1 Å². The molecule has 0 aliphatic heterocycles. The summed E-state index contributed by atoms with van der Waals surface area (Å²) in [6, 6.07) is 0.0664. The Labute approximate surface area is 103 Å². The highest BCUT2D eigenvalue weighted by Crippen LogP contribution is 2.25. The summed E-state index contributed by atoms with van der Waals surface area (Å²) in [7, 11) is 5.46. The SMILES string of the molecule is CNC(COC(C)(C)C)c1c(OC)cnn1C. The van der Waals surface area contributed by atoms with Crippen molar-refractivity contribution in [3.8, 4) is 5.75 Å². The minimum absolute atomic E-state index is 0.0664. The van der Waals surface area contributed by atoms with Gasteiger partial charge in [0.15, 0.2) is 5.75 Å². The van der Waals surface area contributed by atoms with Crippen molar-refractivity contribution in [2.75, 3.05) is 20.8 Å². The van der Waals surface area contributed by atoms with Gasteiger partial charge in [0, 0.05) is 7.05 Å². The molecule has 0 aliphatic rings. The minimum Gasteiger partial charge on any atom is -0.493 e. The predicted octanol–water partition coefficient (Wildman–Crippen LogP) is 1.50. The molecule has 1 aromatic heterocycles. The van der Waals surface area contributed by atoms with E-state index in [0.717, 1.165) is 11.4 Å². The minimum atomic E-state index is -0.152. The van der Waals surface area contributed by atoms with Crippen LogP contribution >= 0.6 is 0 Å². The zero-order valence-electron chi connectivity index (χ0n) is 11.6. The molecule has 5 nitrogen and oxygen atoms in total. The highest BCUT2D eigenvalue weighted by atomic mass is 16.5. The molecule has 1 aromatic rings. The maximum Gasteiger partial charge on any atom is 0.161 e. The molecule has 5 heteroatoms. The molecular weight excluding hydrogens is 218 g/mol. The number of hydrogen-bond donors (Lipinski definition) is 1. The fourth-order valence-corrected chi connectivity index (χ4v) is 1.61. The number of hydrogen-bond acceptors (Lipinski definition) is 4. The van der Waals surface area contributed by atoms with Crippen molar-refractivity contribution in [1.29, 1.82) is 0 Å². The van der Waals surface area contributed by atoms with E-state index in [4.69, 9.17) is 9.47 Å². The van der Waals surface area contributed by atoms with Gasteiger partial charge in [-0.25, -0.2) is 0 Å². The lowest BCUT2D eigenvalue weighted by Gasteiger charge is -2.24. The number of aryl methyl sites for hydroxylation is 1. The Hall–Kier alpha value is -1.07. The van der Waals surface area contributed by atoms with Crippen LogP contribution in [0, 0.1) is 0 Å². The van der Waals surface area contributed by atoms with Crippen molar-refractivity contribution in [2.24, 2.45) is 7.05 Å². The van der Waals surface area contributed by atoms with Crippen LogP contribution in [0.25, 0.3) is 0 Å². The van der Waals surface area contributed by atoms with Gasteiger partial charge in [-0.05, 0) is 27.8 Å². The number of nitrogens with zero attached hydrogens (tertiary/aromatic N) is 2. The summed E-state index contributed by atoms with van der Waals surface area (Å²) in [5.41, 5.74) is 0.847. The van der Waals surface area contributed by atoms with E-state index in [-0.39, 0.29) is 11.6 Å². The zero-order valence-corrected chi connectivity index (χ0v) is 11.6. The van der Waals surface area contributed by atoms with Crippen LogP contribution in [0.2, 0.25) is 0 Å². The number of methoxy groups -OCH3 is 1. The number of rotatable bonds is 5. The first kappa shape index (κ1) is 14.0. The first-order valence-electron chi connectivity index (χ1n) is 5.76. The van der Waals surface area contributed by atoms with E-state index in [9.17, 15) is 0 Å². The monoisotopic (exact) mass is 241 g/mol. The lowest BCUT2D eigenvalue weighted by atomic mass is 10.1. The summed E-state index contributed by atoms with van der Waals surface area (Å²) in [4.78, 5) is 0. The average molecular weight is 241 g/mol. The van der Waals surface area contributed by atoms with Crippen LogP contribution in [0.4, 0.5) is 0 Å². The molecule has 0 aliphatic carbocycles. The van der Waals surface area contributed by atoms with Gasteiger partial charge < -0.3 is 14.8 Å². The second-order valence-corrected chi connectivity index (χ2v) is 4.99. The van der Waals surface area contributed by atoms with E-state index in [1.54, 1.807) is 13.3 Å². The van der Waals surface area contributed by atoms with Crippen LogP contribution in [0.5, 0.6) is 5.75 Å². The molecule has 0 amide bonds. The Morgan fingerprint density at radius 3 is 2.59 bits per heavy atom. The standard InChI is InChI=1S/C12H23N3O2/c1-12(2,3)17-8-9(13-4)11-10(16-6)7-14-15(11)5/h7,9,13H,8H2,1-6H3. The van der Waals surface area contributed by atoms with Crippen molar-refractivity contribution in [2.45, 2.75) is 32.4 Å². The van der Waals surface area contributed by atoms with E-state index < -0.39 is 0 Å². The molecule has 0 saturated carbocycles. The predicted molar refractivity (Wildman–Crippen MR) is 67.3 cm³/mol. The highest BCUT2D eigenvalue weighted by Gasteiger charge is 2.21. The smallest absolute Gasteiger partial charge is 0.161 e. The van der Waals surface area contributed by atoms with Gasteiger partial charge in [0.1, 0.15) is 0 Å². The van der Waals surface area contributed by atoms with Gasteiger partial charge in [0.2, 0.25) is 0 Å². The quantitative estimate of drug-likeness (QED) is 0.849. The third-order valence-electron chi connectivity index (χ3n) is 2.53. The summed E-state index contributed by atoms with van der Waals surface area (Å²) in [6.45, 7) is 6.70. The number of likely N-dealkylation sites (N-methyl/N-ethyl adjacent to an activating group) is 1. The number of ether oxygens (including phenoxy) is 2. The number of aromatic nitrogens is 2.